The van der Waals surface area contributed by atoms with Crippen molar-refractivity contribution in [2.45, 2.75) is 38.6 Å². The number of hydrogen-bond donors (Lipinski definition) is 2. The van der Waals surface area contributed by atoms with Gasteiger partial charge in [-0.3, -0.25) is 14.5 Å². The zero-order valence-electron chi connectivity index (χ0n) is 19.7. The third kappa shape index (κ3) is 6.11. The minimum Gasteiger partial charge on any atom is -0.463 e. The van der Waals surface area contributed by atoms with Gasteiger partial charge in [-0.2, -0.15) is 0 Å². The zero-order valence-corrected chi connectivity index (χ0v) is 19.7. The van der Waals surface area contributed by atoms with Crippen molar-refractivity contribution in [3.63, 3.8) is 0 Å². The molecule has 9 heteroatoms. The molecule has 3 rings (SSSR count). The number of hydrogen-bond acceptors (Lipinski definition) is 5. The summed E-state index contributed by atoms with van der Waals surface area (Å²) < 4.78 is 18.3. The van der Waals surface area contributed by atoms with Crippen molar-refractivity contribution < 1.29 is 28.3 Å². The normalized spacial score (nSPS) is 17.5. The van der Waals surface area contributed by atoms with Crippen LogP contribution in [0.1, 0.15) is 44.2 Å². The molecule has 0 saturated carbocycles. The Kier molecular flexibility index (Phi) is 8.35. The number of halogens is 1. The fourth-order valence-corrected chi connectivity index (χ4v) is 3.83. The van der Waals surface area contributed by atoms with Crippen LogP contribution in [-0.2, 0) is 24.7 Å². The van der Waals surface area contributed by atoms with E-state index < -0.39 is 41.7 Å². The van der Waals surface area contributed by atoms with E-state index in [9.17, 15) is 23.6 Å². The topological polar surface area (TPSA) is 105 Å². The lowest BCUT2D eigenvalue weighted by Gasteiger charge is -2.27. The molecule has 1 atom stereocenters. The lowest BCUT2D eigenvalue weighted by atomic mass is 9.85. The number of benzene rings is 2. The van der Waals surface area contributed by atoms with Gasteiger partial charge in [0, 0.05) is 11.8 Å². The van der Waals surface area contributed by atoms with Gasteiger partial charge in [-0.25, -0.2) is 14.0 Å². The maximum Gasteiger partial charge on any atom is 0.330 e. The molecular formula is C26H28FN3O5. The van der Waals surface area contributed by atoms with E-state index in [2.05, 4.69) is 10.6 Å². The second-order valence-electron chi connectivity index (χ2n) is 8.09. The molecule has 1 aliphatic heterocycles. The molecule has 1 heterocycles. The van der Waals surface area contributed by atoms with Crippen LogP contribution in [0.4, 0.5) is 14.9 Å². The number of carbonyl (C=O) groups excluding carboxylic acids is 4. The van der Waals surface area contributed by atoms with Crippen molar-refractivity contribution in [2.24, 2.45) is 0 Å². The van der Waals surface area contributed by atoms with Gasteiger partial charge >= 0.3 is 12.0 Å². The molecule has 1 saturated heterocycles. The minimum absolute atomic E-state index is 0.287. The van der Waals surface area contributed by atoms with Crippen LogP contribution in [0.2, 0.25) is 0 Å². The largest absolute Gasteiger partial charge is 0.463 e. The molecule has 0 radical (unpaired) electrons. The van der Waals surface area contributed by atoms with Gasteiger partial charge in [0.2, 0.25) is 5.91 Å². The van der Waals surface area contributed by atoms with Crippen LogP contribution in [0.25, 0.3) is 6.08 Å². The second-order valence-corrected chi connectivity index (χ2v) is 8.09. The highest BCUT2D eigenvalue weighted by molar-refractivity contribution is 6.10. The third-order valence-electron chi connectivity index (χ3n) is 5.61. The first-order valence-electron chi connectivity index (χ1n) is 11.4. The third-order valence-corrected chi connectivity index (χ3v) is 5.61. The number of nitrogens with one attached hydrogen (secondary N) is 2. The Bertz CT molecular complexity index is 1110. The first kappa shape index (κ1) is 25.6. The summed E-state index contributed by atoms with van der Waals surface area (Å²) in [6.07, 6.45) is 4.67. The molecule has 0 aromatic heterocycles. The molecule has 184 valence electrons. The number of amides is 4. The molecule has 0 aliphatic carbocycles. The van der Waals surface area contributed by atoms with E-state index in [1.165, 1.54) is 30.3 Å². The average Bonchev–Trinajstić information content (AvgIpc) is 3.08. The van der Waals surface area contributed by atoms with Gasteiger partial charge in [-0.05, 0) is 54.8 Å². The Morgan fingerprint density at radius 3 is 2.40 bits per heavy atom. The number of carbonyl (C=O) groups is 4. The highest BCUT2D eigenvalue weighted by Crippen LogP contribution is 2.34. The van der Waals surface area contributed by atoms with Gasteiger partial charge in [-0.1, -0.05) is 44.0 Å². The van der Waals surface area contributed by atoms with Gasteiger partial charge in [0.05, 0.1) is 6.61 Å². The van der Waals surface area contributed by atoms with Crippen LogP contribution >= 0.6 is 0 Å². The molecular weight excluding hydrogens is 453 g/mol. The Morgan fingerprint density at radius 1 is 1.09 bits per heavy atom. The Morgan fingerprint density at radius 2 is 1.77 bits per heavy atom. The van der Waals surface area contributed by atoms with Gasteiger partial charge in [0.1, 0.15) is 17.9 Å². The number of urea groups is 1. The SMILES string of the molecule is CCCCC1(c2ccc(F)cc2)NC(=O)N(CC(=O)Nc2ccc(/C=C/C(=O)OCC)cc2)C1=O. The molecule has 4 amide bonds. The number of nitrogens with zero attached hydrogens (tertiary/aromatic N) is 1. The fraction of sp³-hybridized carbons (Fsp3) is 0.308. The summed E-state index contributed by atoms with van der Waals surface area (Å²) >= 11 is 0. The number of ether oxygens (including phenoxy) is 1. The van der Waals surface area contributed by atoms with E-state index in [1.807, 2.05) is 6.92 Å². The van der Waals surface area contributed by atoms with Crippen molar-refractivity contribution in [2.75, 3.05) is 18.5 Å². The number of unbranched alkanes of at least 4 members (excludes halogenated alkanes) is 1. The van der Waals surface area contributed by atoms with Gasteiger partial charge in [0.15, 0.2) is 0 Å². The predicted octanol–water partition coefficient (Wildman–Crippen LogP) is 3.98. The van der Waals surface area contributed by atoms with Gasteiger partial charge < -0.3 is 15.4 Å². The van der Waals surface area contributed by atoms with Crippen LogP contribution in [0.15, 0.2) is 54.6 Å². The van der Waals surface area contributed by atoms with E-state index in [0.29, 0.717) is 24.1 Å². The summed E-state index contributed by atoms with van der Waals surface area (Å²) in [4.78, 5) is 51.0. The maximum absolute atomic E-state index is 13.5. The number of imide groups is 1. The molecule has 2 aromatic carbocycles. The second kappa shape index (κ2) is 11.4. The Hall–Kier alpha value is -4.01. The highest BCUT2D eigenvalue weighted by Gasteiger charge is 2.52. The van der Waals surface area contributed by atoms with Crippen molar-refractivity contribution in [1.82, 2.24) is 10.2 Å². The van der Waals surface area contributed by atoms with Crippen LogP contribution in [0, 0.1) is 5.82 Å². The summed E-state index contributed by atoms with van der Waals surface area (Å²) in [6, 6.07) is 11.4. The van der Waals surface area contributed by atoms with E-state index in [1.54, 1.807) is 37.3 Å². The number of rotatable bonds is 10. The lowest BCUT2D eigenvalue weighted by Crippen LogP contribution is -2.44. The fourth-order valence-electron chi connectivity index (χ4n) is 3.83. The molecule has 0 bridgehead atoms. The monoisotopic (exact) mass is 481 g/mol. The highest BCUT2D eigenvalue weighted by atomic mass is 19.1. The molecule has 35 heavy (non-hydrogen) atoms. The molecule has 2 N–H and O–H groups in total. The van der Waals surface area contributed by atoms with Crippen LogP contribution in [0.3, 0.4) is 0 Å². The Labute approximate surface area is 203 Å². The van der Waals surface area contributed by atoms with E-state index in [0.717, 1.165) is 16.9 Å². The van der Waals surface area contributed by atoms with Crippen molar-refractivity contribution >= 4 is 35.6 Å². The number of anilines is 1. The van der Waals surface area contributed by atoms with Crippen molar-refractivity contribution in [1.29, 1.82) is 0 Å². The average molecular weight is 482 g/mol. The van der Waals surface area contributed by atoms with E-state index in [-0.39, 0.29) is 6.61 Å². The van der Waals surface area contributed by atoms with Crippen LogP contribution < -0.4 is 10.6 Å². The van der Waals surface area contributed by atoms with Gasteiger partial charge in [-0.15, -0.1) is 0 Å². The van der Waals surface area contributed by atoms with Crippen molar-refractivity contribution in [3.8, 4) is 0 Å². The molecule has 2 aromatic rings. The first-order chi connectivity index (χ1) is 16.8. The number of esters is 1. The first-order valence-corrected chi connectivity index (χ1v) is 11.4. The predicted molar refractivity (Wildman–Crippen MR) is 129 cm³/mol. The minimum atomic E-state index is -1.34. The van der Waals surface area contributed by atoms with E-state index in [4.69, 9.17) is 4.74 Å². The summed E-state index contributed by atoms with van der Waals surface area (Å²) in [6.45, 7) is 3.50. The summed E-state index contributed by atoms with van der Waals surface area (Å²) in [5.41, 5.74) is 0.324. The standard InChI is InChI=1S/C26H28FN3O5/c1-3-5-16-26(19-9-11-20(27)12-10-19)24(33)30(25(34)29-26)17-22(31)28-21-13-6-18(7-14-21)8-15-23(32)35-4-2/h6-15H,3-5,16-17H2,1-2H3,(H,28,31)(H,29,34)/b15-8+. The van der Waals surface area contributed by atoms with Crippen molar-refractivity contribution in [3.05, 3.63) is 71.6 Å². The zero-order chi connectivity index (χ0) is 25.4. The van der Waals surface area contributed by atoms with Crippen LogP contribution in [-0.4, -0.2) is 41.9 Å². The molecule has 1 fully saturated rings. The van der Waals surface area contributed by atoms with Gasteiger partial charge in [0.25, 0.3) is 5.91 Å². The Balaban J connectivity index is 1.69. The smallest absolute Gasteiger partial charge is 0.330 e. The molecule has 8 nitrogen and oxygen atoms in total. The van der Waals surface area contributed by atoms with E-state index >= 15 is 0 Å². The lowest BCUT2D eigenvalue weighted by molar-refractivity contribution is -0.137. The molecule has 0 spiro atoms. The quantitative estimate of drug-likeness (QED) is 0.303. The van der Waals surface area contributed by atoms with Crippen LogP contribution in [0.5, 0.6) is 0 Å². The molecule has 1 unspecified atom stereocenters. The maximum atomic E-state index is 13.5. The summed E-state index contributed by atoms with van der Waals surface area (Å²) in [5, 5.41) is 5.40. The molecule has 1 aliphatic rings. The summed E-state index contributed by atoms with van der Waals surface area (Å²) in [5.74, 6) is -1.99. The summed E-state index contributed by atoms with van der Waals surface area (Å²) in [7, 11) is 0.